The molecule has 7 heteroatoms. The number of pyridine rings is 1. The molecule has 1 aliphatic rings. The average Bonchev–Trinajstić information content (AvgIpc) is 3.42. The number of ether oxygens (including phenoxy) is 1. The van der Waals surface area contributed by atoms with E-state index in [0.717, 1.165) is 60.0 Å². The minimum absolute atomic E-state index is 0.773. The minimum Gasteiger partial charge on any atom is -0.493 e. The van der Waals surface area contributed by atoms with Crippen molar-refractivity contribution in [3.63, 3.8) is 0 Å². The molecule has 0 bridgehead atoms. The van der Waals surface area contributed by atoms with Gasteiger partial charge in [-0.25, -0.2) is 9.97 Å². The van der Waals surface area contributed by atoms with Crippen LogP contribution in [0.15, 0.2) is 49.1 Å². The molecule has 1 aliphatic heterocycles. The zero-order chi connectivity index (χ0) is 19.8. The van der Waals surface area contributed by atoms with Crippen LogP contribution >= 0.6 is 0 Å². The highest BCUT2D eigenvalue weighted by Crippen LogP contribution is 2.29. The van der Waals surface area contributed by atoms with E-state index in [4.69, 9.17) is 9.72 Å². The predicted molar refractivity (Wildman–Crippen MR) is 111 cm³/mol. The minimum atomic E-state index is 0.773. The van der Waals surface area contributed by atoms with Crippen molar-refractivity contribution in [1.29, 1.82) is 0 Å². The summed E-state index contributed by atoms with van der Waals surface area (Å²) in [5.74, 6) is 2.88. The monoisotopic (exact) mass is 386 g/mol. The molecule has 0 saturated heterocycles. The lowest BCUT2D eigenvalue weighted by molar-refractivity contribution is 0.357. The summed E-state index contributed by atoms with van der Waals surface area (Å²) in [6, 6.07) is 10.3. The standard InChI is InChI=1S/C22H22N6O/c1-27(2)20-8-7-16(12-23-20)18-13-24-21(28-14-25-26-22(18)28)9-6-15-4-3-5-19-17(15)10-11-29-19/h3-5,7-8,12-14H,6,9-11H2,1-2H3. The molecule has 0 N–H and O–H groups in total. The van der Waals surface area contributed by atoms with Gasteiger partial charge in [-0.2, -0.15) is 0 Å². The normalized spacial score (nSPS) is 12.8. The molecule has 5 rings (SSSR count). The zero-order valence-electron chi connectivity index (χ0n) is 16.5. The maximum atomic E-state index is 5.69. The number of nitrogens with zero attached hydrogens (tertiary/aromatic N) is 6. The van der Waals surface area contributed by atoms with Crippen LogP contribution in [0.4, 0.5) is 5.82 Å². The van der Waals surface area contributed by atoms with Crippen LogP contribution in [0.5, 0.6) is 5.75 Å². The van der Waals surface area contributed by atoms with Crippen LogP contribution in [0.2, 0.25) is 0 Å². The Bertz CT molecular complexity index is 1170. The summed E-state index contributed by atoms with van der Waals surface area (Å²) < 4.78 is 7.67. The number of hydrogen-bond donors (Lipinski definition) is 0. The molecule has 0 atom stereocenters. The van der Waals surface area contributed by atoms with Crippen LogP contribution in [0, 0.1) is 0 Å². The fourth-order valence-electron chi connectivity index (χ4n) is 3.84. The molecule has 3 aromatic heterocycles. The lowest BCUT2D eigenvalue weighted by Gasteiger charge is -2.12. The first kappa shape index (κ1) is 17.6. The molecule has 1 aromatic carbocycles. The summed E-state index contributed by atoms with van der Waals surface area (Å²) in [5.41, 5.74) is 5.37. The SMILES string of the molecule is CN(C)c1ccc(-c2cnc(CCc3cccc4c3CCO4)n3cnnc23)cn1. The summed E-state index contributed by atoms with van der Waals surface area (Å²) in [4.78, 5) is 11.2. The van der Waals surface area contributed by atoms with E-state index in [2.05, 4.69) is 27.3 Å². The second-order valence-corrected chi connectivity index (χ2v) is 7.40. The first-order valence-electron chi connectivity index (χ1n) is 9.75. The van der Waals surface area contributed by atoms with E-state index in [1.807, 2.05) is 54.0 Å². The number of aryl methyl sites for hydroxylation is 2. The van der Waals surface area contributed by atoms with Gasteiger partial charge in [0.05, 0.1) is 6.61 Å². The van der Waals surface area contributed by atoms with Crippen LogP contribution in [-0.2, 0) is 19.3 Å². The predicted octanol–water partition coefficient (Wildman–Crippen LogP) is 2.97. The first-order chi connectivity index (χ1) is 14.2. The zero-order valence-corrected chi connectivity index (χ0v) is 16.5. The van der Waals surface area contributed by atoms with Gasteiger partial charge in [0.15, 0.2) is 5.65 Å². The maximum Gasteiger partial charge on any atom is 0.171 e. The van der Waals surface area contributed by atoms with Gasteiger partial charge >= 0.3 is 0 Å². The number of aromatic nitrogens is 5. The van der Waals surface area contributed by atoms with Gasteiger partial charge in [0.25, 0.3) is 0 Å². The van der Waals surface area contributed by atoms with Crippen LogP contribution < -0.4 is 9.64 Å². The van der Waals surface area contributed by atoms with Crippen molar-refractivity contribution in [3.8, 4) is 16.9 Å². The highest BCUT2D eigenvalue weighted by Gasteiger charge is 2.17. The van der Waals surface area contributed by atoms with E-state index < -0.39 is 0 Å². The van der Waals surface area contributed by atoms with Crippen LogP contribution in [0.25, 0.3) is 16.8 Å². The van der Waals surface area contributed by atoms with Gasteiger partial charge in [0.2, 0.25) is 0 Å². The van der Waals surface area contributed by atoms with Crippen molar-refractivity contribution in [2.45, 2.75) is 19.3 Å². The molecule has 0 aliphatic carbocycles. The lowest BCUT2D eigenvalue weighted by atomic mass is 10.0. The molecular formula is C22H22N6O. The van der Waals surface area contributed by atoms with Crippen molar-refractivity contribution in [1.82, 2.24) is 24.6 Å². The van der Waals surface area contributed by atoms with Gasteiger partial charge < -0.3 is 9.64 Å². The smallest absolute Gasteiger partial charge is 0.171 e. The van der Waals surface area contributed by atoms with E-state index in [1.165, 1.54) is 11.1 Å². The number of rotatable bonds is 5. The molecule has 29 heavy (non-hydrogen) atoms. The van der Waals surface area contributed by atoms with E-state index in [9.17, 15) is 0 Å². The summed E-state index contributed by atoms with van der Waals surface area (Å²) in [6.45, 7) is 0.773. The Morgan fingerprint density at radius 3 is 2.83 bits per heavy atom. The van der Waals surface area contributed by atoms with Crippen molar-refractivity contribution >= 4 is 11.5 Å². The Labute approximate surface area is 169 Å². The number of benzene rings is 1. The molecule has 7 nitrogen and oxygen atoms in total. The number of anilines is 1. The first-order valence-corrected chi connectivity index (χ1v) is 9.75. The maximum absolute atomic E-state index is 5.69. The molecule has 146 valence electrons. The number of hydrogen-bond acceptors (Lipinski definition) is 6. The molecule has 0 radical (unpaired) electrons. The van der Waals surface area contributed by atoms with Crippen molar-refractivity contribution in [3.05, 3.63) is 66.0 Å². The van der Waals surface area contributed by atoms with Gasteiger partial charge in [-0.05, 0) is 30.2 Å². The Kier molecular flexibility index (Phi) is 4.35. The molecule has 4 aromatic rings. The van der Waals surface area contributed by atoms with Crippen molar-refractivity contribution in [2.24, 2.45) is 0 Å². The van der Waals surface area contributed by atoms with E-state index in [1.54, 1.807) is 6.33 Å². The van der Waals surface area contributed by atoms with Gasteiger partial charge in [0, 0.05) is 56.0 Å². The highest BCUT2D eigenvalue weighted by molar-refractivity contribution is 5.76. The summed E-state index contributed by atoms with van der Waals surface area (Å²) in [7, 11) is 3.95. The molecule has 0 spiro atoms. The van der Waals surface area contributed by atoms with Crippen LogP contribution in [-0.4, -0.2) is 45.3 Å². The largest absolute Gasteiger partial charge is 0.493 e. The Hall–Kier alpha value is -3.48. The quantitative estimate of drug-likeness (QED) is 0.525. The molecule has 0 fully saturated rings. The van der Waals surface area contributed by atoms with E-state index in [-0.39, 0.29) is 0 Å². The summed E-state index contributed by atoms with van der Waals surface area (Å²) in [6.07, 6.45) is 8.17. The highest BCUT2D eigenvalue weighted by atomic mass is 16.5. The second-order valence-electron chi connectivity index (χ2n) is 7.40. The molecule has 0 unspecified atom stereocenters. The van der Waals surface area contributed by atoms with Gasteiger partial charge in [-0.1, -0.05) is 12.1 Å². The van der Waals surface area contributed by atoms with Crippen LogP contribution in [0.3, 0.4) is 0 Å². The van der Waals surface area contributed by atoms with Crippen molar-refractivity contribution in [2.75, 3.05) is 25.6 Å². The van der Waals surface area contributed by atoms with Crippen LogP contribution in [0.1, 0.15) is 17.0 Å². The Morgan fingerprint density at radius 1 is 1.07 bits per heavy atom. The second kappa shape index (κ2) is 7.16. The van der Waals surface area contributed by atoms with Gasteiger partial charge in [-0.3, -0.25) is 4.40 Å². The van der Waals surface area contributed by atoms with E-state index in [0.29, 0.717) is 0 Å². The third-order valence-electron chi connectivity index (χ3n) is 5.38. The number of fused-ring (bicyclic) bond motifs is 2. The van der Waals surface area contributed by atoms with Gasteiger partial charge in [-0.15, -0.1) is 10.2 Å². The third-order valence-corrected chi connectivity index (χ3v) is 5.38. The third kappa shape index (κ3) is 3.18. The fourth-order valence-corrected chi connectivity index (χ4v) is 3.84. The van der Waals surface area contributed by atoms with E-state index >= 15 is 0 Å². The summed E-state index contributed by atoms with van der Waals surface area (Å²) >= 11 is 0. The lowest BCUT2D eigenvalue weighted by Crippen LogP contribution is -2.10. The molecule has 0 saturated carbocycles. The van der Waals surface area contributed by atoms with Crippen molar-refractivity contribution < 1.29 is 4.74 Å². The molecular weight excluding hydrogens is 364 g/mol. The average molecular weight is 386 g/mol. The molecule has 0 amide bonds. The Balaban J connectivity index is 1.44. The topological polar surface area (TPSA) is 68.4 Å². The molecule has 4 heterocycles. The summed E-state index contributed by atoms with van der Waals surface area (Å²) in [5, 5.41) is 8.47. The fraction of sp³-hybridized carbons (Fsp3) is 0.273. The Morgan fingerprint density at radius 2 is 2.00 bits per heavy atom. The van der Waals surface area contributed by atoms with Gasteiger partial charge in [0.1, 0.15) is 23.7 Å².